The third-order valence-electron chi connectivity index (χ3n) is 4.31. The zero-order chi connectivity index (χ0) is 17.9. The maximum Gasteiger partial charge on any atom is 0.339 e. The summed E-state index contributed by atoms with van der Waals surface area (Å²) in [7, 11) is -3.55. The summed E-state index contributed by atoms with van der Waals surface area (Å²) in [5.74, 6) is -1.05. The van der Waals surface area contributed by atoms with E-state index in [0.717, 1.165) is 25.5 Å². The SMILES string of the molecule is C[C@@H]1CCC[C@@H](C)N1C(=O)COC(=O)c1ccccc1S(C)(=O)=O. The summed E-state index contributed by atoms with van der Waals surface area (Å²) in [6.07, 6.45) is 3.97. The molecule has 1 fully saturated rings. The van der Waals surface area contributed by atoms with Gasteiger partial charge >= 0.3 is 5.97 Å². The number of hydrogen-bond acceptors (Lipinski definition) is 5. The Labute approximate surface area is 142 Å². The third-order valence-corrected chi connectivity index (χ3v) is 5.47. The minimum absolute atomic E-state index is 0.0486. The van der Waals surface area contributed by atoms with Crippen LogP contribution in [0, 0.1) is 0 Å². The second kappa shape index (κ2) is 7.34. The van der Waals surface area contributed by atoms with Crippen LogP contribution in [0.3, 0.4) is 0 Å². The average Bonchev–Trinajstić information content (AvgIpc) is 2.51. The maximum atomic E-state index is 12.4. The Kier molecular flexibility index (Phi) is 5.64. The lowest BCUT2D eigenvalue weighted by Crippen LogP contribution is -2.49. The second-order valence-electron chi connectivity index (χ2n) is 6.27. The number of esters is 1. The fourth-order valence-corrected chi connectivity index (χ4v) is 4.03. The standard InChI is InChI=1S/C17H23NO5S/c1-12-7-6-8-13(2)18(12)16(19)11-23-17(20)14-9-4-5-10-15(14)24(3,21)22/h4-5,9-10,12-13H,6-8,11H2,1-3H3/t12-,13-/m1/s1. The Bertz CT molecular complexity index is 718. The molecule has 1 aliphatic rings. The Hall–Kier alpha value is -1.89. The Morgan fingerprint density at radius 1 is 1.17 bits per heavy atom. The van der Waals surface area contributed by atoms with Gasteiger partial charge in [-0.15, -0.1) is 0 Å². The van der Waals surface area contributed by atoms with Gasteiger partial charge in [0, 0.05) is 18.3 Å². The number of amides is 1. The summed E-state index contributed by atoms with van der Waals surface area (Å²) in [6.45, 7) is 3.58. The Morgan fingerprint density at radius 3 is 2.33 bits per heavy atom. The molecule has 1 aromatic rings. The summed E-state index contributed by atoms with van der Waals surface area (Å²) < 4.78 is 28.6. The Balaban J connectivity index is 2.07. The number of sulfone groups is 1. The molecule has 1 heterocycles. The highest BCUT2D eigenvalue weighted by Gasteiger charge is 2.29. The van der Waals surface area contributed by atoms with Crippen LogP contribution < -0.4 is 0 Å². The molecule has 0 bridgehead atoms. The topological polar surface area (TPSA) is 80.8 Å². The van der Waals surface area contributed by atoms with Crippen LogP contribution >= 0.6 is 0 Å². The number of rotatable bonds is 4. The number of ether oxygens (including phenoxy) is 1. The molecular formula is C17H23NO5S. The van der Waals surface area contributed by atoms with E-state index in [-0.39, 0.29) is 35.1 Å². The average molecular weight is 353 g/mol. The number of carbonyl (C=O) groups excluding carboxylic acids is 2. The monoisotopic (exact) mass is 353 g/mol. The predicted octanol–water partition coefficient (Wildman–Crippen LogP) is 2.04. The van der Waals surface area contributed by atoms with Gasteiger partial charge in [0.05, 0.1) is 10.5 Å². The molecule has 24 heavy (non-hydrogen) atoms. The molecule has 1 saturated heterocycles. The molecule has 0 spiro atoms. The van der Waals surface area contributed by atoms with E-state index in [9.17, 15) is 18.0 Å². The number of benzene rings is 1. The summed E-state index contributed by atoms with van der Waals surface area (Å²) in [5.41, 5.74) is -0.0486. The molecule has 2 rings (SSSR count). The lowest BCUT2D eigenvalue weighted by molar-refractivity contribution is -0.140. The molecular weight excluding hydrogens is 330 g/mol. The van der Waals surface area contributed by atoms with Gasteiger partial charge in [-0.2, -0.15) is 0 Å². The molecule has 1 aliphatic heterocycles. The van der Waals surface area contributed by atoms with Crippen molar-refractivity contribution in [1.82, 2.24) is 4.90 Å². The second-order valence-corrected chi connectivity index (χ2v) is 8.26. The summed E-state index contributed by atoms with van der Waals surface area (Å²) in [6, 6.07) is 6.06. The van der Waals surface area contributed by atoms with Crippen molar-refractivity contribution in [1.29, 1.82) is 0 Å². The molecule has 0 N–H and O–H groups in total. The van der Waals surface area contributed by atoms with Crippen LogP contribution in [0.1, 0.15) is 43.5 Å². The molecule has 1 amide bonds. The van der Waals surface area contributed by atoms with Crippen molar-refractivity contribution in [2.75, 3.05) is 12.9 Å². The van der Waals surface area contributed by atoms with E-state index >= 15 is 0 Å². The van der Waals surface area contributed by atoms with E-state index in [1.165, 1.54) is 18.2 Å². The normalized spacial score (nSPS) is 21.4. The molecule has 0 saturated carbocycles. The van der Waals surface area contributed by atoms with Gasteiger partial charge in [0.25, 0.3) is 5.91 Å². The van der Waals surface area contributed by atoms with Crippen molar-refractivity contribution >= 4 is 21.7 Å². The Morgan fingerprint density at radius 2 is 1.75 bits per heavy atom. The molecule has 1 aromatic carbocycles. The molecule has 2 atom stereocenters. The first-order valence-corrected chi connectivity index (χ1v) is 9.88. The van der Waals surface area contributed by atoms with Crippen LogP contribution in [-0.4, -0.2) is 50.1 Å². The van der Waals surface area contributed by atoms with Gasteiger partial charge in [0.2, 0.25) is 0 Å². The number of hydrogen-bond donors (Lipinski definition) is 0. The largest absolute Gasteiger partial charge is 0.452 e. The van der Waals surface area contributed by atoms with Gasteiger partial charge in [-0.1, -0.05) is 12.1 Å². The predicted molar refractivity (Wildman–Crippen MR) is 89.5 cm³/mol. The molecule has 0 unspecified atom stereocenters. The summed E-state index contributed by atoms with van der Waals surface area (Å²) in [5, 5.41) is 0. The van der Waals surface area contributed by atoms with Gasteiger partial charge in [0.15, 0.2) is 16.4 Å². The zero-order valence-electron chi connectivity index (χ0n) is 14.2. The fraction of sp³-hybridized carbons (Fsp3) is 0.529. The maximum absolute atomic E-state index is 12.4. The van der Waals surface area contributed by atoms with Crippen molar-refractivity contribution in [2.45, 2.75) is 50.1 Å². The number of piperidine rings is 1. The van der Waals surface area contributed by atoms with Crippen LogP contribution in [0.15, 0.2) is 29.2 Å². The molecule has 7 heteroatoms. The zero-order valence-corrected chi connectivity index (χ0v) is 15.0. The van der Waals surface area contributed by atoms with Crippen molar-refractivity contribution in [3.05, 3.63) is 29.8 Å². The van der Waals surface area contributed by atoms with Crippen molar-refractivity contribution in [3.8, 4) is 0 Å². The first-order chi connectivity index (χ1) is 11.2. The molecule has 132 valence electrons. The highest BCUT2D eigenvalue weighted by molar-refractivity contribution is 7.90. The minimum Gasteiger partial charge on any atom is -0.452 e. The summed E-state index contributed by atoms with van der Waals surface area (Å²) in [4.78, 5) is 26.2. The molecule has 0 aromatic heterocycles. The molecule has 6 nitrogen and oxygen atoms in total. The quantitative estimate of drug-likeness (QED) is 0.774. The highest BCUT2D eigenvalue weighted by Crippen LogP contribution is 2.23. The number of nitrogens with zero attached hydrogens (tertiary/aromatic N) is 1. The van der Waals surface area contributed by atoms with E-state index in [1.54, 1.807) is 11.0 Å². The van der Waals surface area contributed by atoms with Crippen LogP contribution in [0.25, 0.3) is 0 Å². The molecule has 0 aliphatic carbocycles. The van der Waals surface area contributed by atoms with Gasteiger partial charge in [0.1, 0.15) is 0 Å². The third kappa shape index (κ3) is 4.14. The van der Waals surface area contributed by atoms with Gasteiger partial charge < -0.3 is 9.64 Å². The molecule has 0 radical (unpaired) electrons. The van der Waals surface area contributed by atoms with Crippen LogP contribution in [0.2, 0.25) is 0 Å². The first-order valence-electron chi connectivity index (χ1n) is 7.99. The number of likely N-dealkylation sites (tertiary alicyclic amines) is 1. The van der Waals surface area contributed by atoms with Crippen molar-refractivity contribution in [2.24, 2.45) is 0 Å². The van der Waals surface area contributed by atoms with E-state index in [0.29, 0.717) is 0 Å². The van der Waals surface area contributed by atoms with Gasteiger partial charge in [-0.3, -0.25) is 4.79 Å². The van der Waals surface area contributed by atoms with E-state index in [2.05, 4.69) is 0 Å². The number of carbonyl (C=O) groups is 2. The van der Waals surface area contributed by atoms with Gasteiger partial charge in [-0.05, 0) is 45.2 Å². The fourth-order valence-electron chi connectivity index (χ4n) is 3.15. The van der Waals surface area contributed by atoms with E-state index in [1.807, 2.05) is 13.8 Å². The summed E-state index contributed by atoms with van der Waals surface area (Å²) >= 11 is 0. The van der Waals surface area contributed by atoms with Crippen LogP contribution in [-0.2, 0) is 19.4 Å². The van der Waals surface area contributed by atoms with Gasteiger partial charge in [-0.25, -0.2) is 13.2 Å². The minimum atomic E-state index is -3.55. The van der Waals surface area contributed by atoms with Crippen LogP contribution in [0.5, 0.6) is 0 Å². The van der Waals surface area contributed by atoms with E-state index < -0.39 is 15.8 Å². The van der Waals surface area contributed by atoms with Crippen molar-refractivity contribution in [3.63, 3.8) is 0 Å². The van der Waals surface area contributed by atoms with Crippen molar-refractivity contribution < 1.29 is 22.7 Å². The smallest absolute Gasteiger partial charge is 0.339 e. The lowest BCUT2D eigenvalue weighted by atomic mass is 9.97. The first kappa shape index (κ1) is 18.4. The van der Waals surface area contributed by atoms with E-state index in [4.69, 9.17) is 4.74 Å². The lowest BCUT2D eigenvalue weighted by Gasteiger charge is -2.38. The highest BCUT2D eigenvalue weighted by atomic mass is 32.2. The van der Waals surface area contributed by atoms with Crippen LogP contribution in [0.4, 0.5) is 0 Å².